The van der Waals surface area contributed by atoms with Crippen molar-refractivity contribution >= 4 is 17.5 Å². The van der Waals surface area contributed by atoms with E-state index in [0.29, 0.717) is 36.1 Å². The number of hydrogen-bond acceptors (Lipinski definition) is 5. The molecule has 0 aliphatic carbocycles. The van der Waals surface area contributed by atoms with E-state index in [1.54, 1.807) is 24.3 Å². The van der Waals surface area contributed by atoms with E-state index in [2.05, 4.69) is 10.1 Å². The lowest BCUT2D eigenvalue weighted by Crippen LogP contribution is -2.48. The zero-order chi connectivity index (χ0) is 18.5. The van der Waals surface area contributed by atoms with Gasteiger partial charge in [0, 0.05) is 30.0 Å². The summed E-state index contributed by atoms with van der Waals surface area (Å²) in [5.41, 5.74) is 0.784. The molecule has 0 radical (unpaired) electrons. The van der Waals surface area contributed by atoms with Gasteiger partial charge in [-0.05, 0) is 30.7 Å². The minimum atomic E-state index is -2.59. The van der Waals surface area contributed by atoms with Crippen LogP contribution in [0.5, 0.6) is 0 Å². The Hall–Kier alpha value is -2.06. The molecule has 26 heavy (non-hydrogen) atoms. The fourth-order valence-corrected chi connectivity index (χ4v) is 2.80. The van der Waals surface area contributed by atoms with Gasteiger partial charge in [-0.25, -0.2) is 8.78 Å². The van der Waals surface area contributed by atoms with Gasteiger partial charge in [-0.15, -0.1) is 0 Å². The van der Waals surface area contributed by atoms with Crippen LogP contribution in [0, 0.1) is 0 Å². The quantitative estimate of drug-likeness (QED) is 0.763. The summed E-state index contributed by atoms with van der Waals surface area (Å²) >= 11 is 5.84. The molecule has 1 aliphatic rings. The molecule has 0 unspecified atom stereocenters. The van der Waals surface area contributed by atoms with E-state index in [1.807, 2.05) is 0 Å². The Labute approximate surface area is 154 Å². The second-order valence-corrected chi connectivity index (χ2v) is 6.39. The molecule has 140 valence electrons. The minimum absolute atomic E-state index is 0.0717. The summed E-state index contributed by atoms with van der Waals surface area (Å²) in [6.07, 6.45) is -2.62. The van der Waals surface area contributed by atoms with Gasteiger partial charge in [0.15, 0.2) is 0 Å². The first-order chi connectivity index (χ1) is 12.5. The molecule has 0 saturated carbocycles. The van der Waals surface area contributed by atoms with Crippen molar-refractivity contribution in [3.05, 3.63) is 35.2 Å². The molecule has 0 bridgehead atoms. The van der Waals surface area contributed by atoms with Crippen molar-refractivity contribution in [3.63, 3.8) is 0 Å². The predicted octanol–water partition coefficient (Wildman–Crippen LogP) is 3.21. The largest absolute Gasteiger partial charge is 0.369 e. The molecule has 2 aromatic rings. The Morgan fingerprint density at radius 3 is 2.85 bits per heavy atom. The first-order valence-corrected chi connectivity index (χ1v) is 8.67. The zero-order valence-corrected chi connectivity index (χ0v) is 14.7. The Morgan fingerprint density at radius 2 is 2.12 bits per heavy atom. The number of morpholine rings is 1. The number of carbonyl (C=O) groups is 1. The third-order valence-corrected chi connectivity index (χ3v) is 4.33. The summed E-state index contributed by atoms with van der Waals surface area (Å²) in [5, 5.41) is 4.53. The van der Waals surface area contributed by atoms with Crippen LogP contribution in [0.4, 0.5) is 8.78 Å². The van der Waals surface area contributed by atoms with Gasteiger partial charge in [0.1, 0.15) is 6.10 Å². The van der Waals surface area contributed by atoms with Crippen molar-refractivity contribution < 1.29 is 22.8 Å². The van der Waals surface area contributed by atoms with Crippen molar-refractivity contribution in [1.82, 2.24) is 15.0 Å². The summed E-state index contributed by atoms with van der Waals surface area (Å²) in [6.45, 7) is 0.399. The fraction of sp³-hybridized carbons (Fsp3) is 0.471. The number of alkyl halides is 2. The van der Waals surface area contributed by atoms with E-state index in [1.165, 1.54) is 4.90 Å². The van der Waals surface area contributed by atoms with Gasteiger partial charge in [0.05, 0.1) is 13.2 Å². The Kier molecular flexibility index (Phi) is 6.16. The van der Waals surface area contributed by atoms with Crippen molar-refractivity contribution in [2.24, 2.45) is 0 Å². The van der Waals surface area contributed by atoms with E-state index in [9.17, 15) is 13.6 Å². The molecule has 1 atom stereocenters. The number of ether oxygens (including phenoxy) is 1. The fourth-order valence-electron chi connectivity index (χ4n) is 2.68. The van der Waals surface area contributed by atoms with Gasteiger partial charge in [0.25, 0.3) is 6.43 Å². The molecule has 2 heterocycles. The first kappa shape index (κ1) is 18.7. The number of benzene rings is 1. The topological polar surface area (TPSA) is 68.5 Å². The van der Waals surface area contributed by atoms with Crippen LogP contribution >= 0.6 is 11.6 Å². The van der Waals surface area contributed by atoms with Crippen LogP contribution in [0.2, 0.25) is 5.02 Å². The Bertz CT molecular complexity index is 739. The SMILES string of the molecule is O=C(CCCc1nc(-c2ccc(Cl)cc2)no1)N1CCO[C@@H](C(F)F)C1. The molecule has 1 aliphatic heterocycles. The van der Waals surface area contributed by atoms with Crippen LogP contribution in [-0.4, -0.2) is 53.2 Å². The second-order valence-electron chi connectivity index (χ2n) is 5.96. The molecular formula is C17H18ClF2N3O3. The number of aryl methyl sites for hydroxylation is 1. The second kappa shape index (κ2) is 8.55. The average Bonchev–Trinajstić information content (AvgIpc) is 3.11. The maximum atomic E-state index is 12.7. The Balaban J connectivity index is 1.47. The third kappa shape index (κ3) is 4.76. The Morgan fingerprint density at radius 1 is 1.35 bits per heavy atom. The highest BCUT2D eigenvalue weighted by molar-refractivity contribution is 6.30. The van der Waals surface area contributed by atoms with Crippen molar-refractivity contribution in [2.75, 3.05) is 19.7 Å². The van der Waals surface area contributed by atoms with Crippen molar-refractivity contribution in [1.29, 1.82) is 0 Å². The van der Waals surface area contributed by atoms with Crippen LogP contribution < -0.4 is 0 Å². The van der Waals surface area contributed by atoms with E-state index in [4.69, 9.17) is 20.9 Å². The summed E-state index contributed by atoms with van der Waals surface area (Å²) in [5.74, 6) is 0.711. The molecule has 1 amide bonds. The molecule has 1 aromatic heterocycles. The van der Waals surface area contributed by atoms with E-state index in [-0.39, 0.29) is 25.5 Å². The molecule has 0 spiro atoms. The van der Waals surface area contributed by atoms with Crippen LogP contribution in [0.15, 0.2) is 28.8 Å². The van der Waals surface area contributed by atoms with E-state index < -0.39 is 12.5 Å². The maximum Gasteiger partial charge on any atom is 0.266 e. The van der Waals surface area contributed by atoms with Gasteiger partial charge in [0.2, 0.25) is 17.6 Å². The number of amides is 1. The summed E-state index contributed by atoms with van der Waals surface area (Å²) in [7, 11) is 0. The molecule has 6 nitrogen and oxygen atoms in total. The predicted molar refractivity (Wildman–Crippen MR) is 90.0 cm³/mol. The van der Waals surface area contributed by atoms with Crippen LogP contribution in [0.3, 0.4) is 0 Å². The minimum Gasteiger partial charge on any atom is -0.369 e. The van der Waals surface area contributed by atoms with Crippen molar-refractivity contribution in [2.45, 2.75) is 31.8 Å². The van der Waals surface area contributed by atoms with Gasteiger partial charge < -0.3 is 14.2 Å². The highest BCUT2D eigenvalue weighted by atomic mass is 35.5. The van der Waals surface area contributed by atoms with E-state index >= 15 is 0 Å². The molecule has 3 rings (SSSR count). The number of nitrogens with zero attached hydrogens (tertiary/aromatic N) is 3. The average molecular weight is 386 g/mol. The highest BCUT2D eigenvalue weighted by Crippen LogP contribution is 2.19. The van der Waals surface area contributed by atoms with Gasteiger partial charge >= 0.3 is 0 Å². The van der Waals surface area contributed by atoms with E-state index in [0.717, 1.165) is 5.56 Å². The third-order valence-electron chi connectivity index (χ3n) is 4.08. The first-order valence-electron chi connectivity index (χ1n) is 8.29. The standard InChI is InChI=1S/C17H18ClF2N3O3/c18-12-6-4-11(5-7-12)17-21-14(26-22-17)2-1-3-15(24)23-8-9-25-13(10-23)16(19)20/h4-7,13,16H,1-3,8-10H2/t13-/m1/s1. The highest BCUT2D eigenvalue weighted by Gasteiger charge is 2.30. The monoisotopic (exact) mass is 385 g/mol. The molecular weight excluding hydrogens is 368 g/mol. The number of carbonyl (C=O) groups excluding carboxylic acids is 1. The van der Waals surface area contributed by atoms with Crippen LogP contribution in [0.1, 0.15) is 18.7 Å². The lowest BCUT2D eigenvalue weighted by molar-refractivity contribution is -0.146. The summed E-state index contributed by atoms with van der Waals surface area (Å²) in [4.78, 5) is 17.9. The smallest absolute Gasteiger partial charge is 0.266 e. The zero-order valence-electron chi connectivity index (χ0n) is 13.9. The molecule has 0 N–H and O–H groups in total. The van der Waals surface area contributed by atoms with Crippen LogP contribution in [-0.2, 0) is 16.0 Å². The number of halogens is 3. The number of aromatic nitrogens is 2. The van der Waals surface area contributed by atoms with Gasteiger partial charge in [-0.1, -0.05) is 16.8 Å². The maximum absolute atomic E-state index is 12.7. The lowest BCUT2D eigenvalue weighted by Gasteiger charge is -2.32. The summed E-state index contributed by atoms with van der Waals surface area (Å²) in [6, 6.07) is 7.05. The molecule has 1 fully saturated rings. The molecule has 1 saturated heterocycles. The van der Waals surface area contributed by atoms with Gasteiger partial charge in [-0.3, -0.25) is 4.79 Å². The van der Waals surface area contributed by atoms with Gasteiger partial charge in [-0.2, -0.15) is 4.98 Å². The summed E-state index contributed by atoms with van der Waals surface area (Å²) < 4.78 is 35.5. The molecule has 1 aromatic carbocycles. The normalized spacial score (nSPS) is 17.7. The molecule has 9 heteroatoms. The van der Waals surface area contributed by atoms with Crippen LogP contribution in [0.25, 0.3) is 11.4 Å². The van der Waals surface area contributed by atoms with Crippen molar-refractivity contribution in [3.8, 4) is 11.4 Å². The number of rotatable bonds is 6. The number of hydrogen-bond donors (Lipinski definition) is 0. The lowest BCUT2D eigenvalue weighted by atomic mass is 10.2.